The summed E-state index contributed by atoms with van der Waals surface area (Å²) in [6.45, 7) is 6.74. The Labute approximate surface area is 80.0 Å². The molecule has 1 unspecified atom stereocenters. The number of rotatable bonds is 1. The van der Waals surface area contributed by atoms with Crippen LogP contribution in [0.25, 0.3) is 0 Å². The van der Waals surface area contributed by atoms with Crippen LogP contribution >= 0.6 is 11.8 Å². The van der Waals surface area contributed by atoms with Gasteiger partial charge in [-0.3, -0.25) is 0 Å². The minimum Gasteiger partial charge on any atom is -0.379 e. The van der Waals surface area contributed by atoms with Crippen molar-refractivity contribution in [2.45, 2.75) is 49.3 Å². The van der Waals surface area contributed by atoms with Crippen LogP contribution in [-0.2, 0) is 4.74 Å². The average molecular weight is 182 g/mol. The van der Waals surface area contributed by atoms with Gasteiger partial charge in [-0.2, -0.15) is 11.8 Å². The minimum absolute atomic E-state index is 0.0267. The molecule has 0 amide bonds. The zero-order chi connectivity index (χ0) is 8.93. The molecule has 2 saturated heterocycles. The van der Waals surface area contributed by atoms with E-state index in [-0.39, 0.29) is 11.6 Å². The molecule has 2 fully saturated rings. The van der Waals surface area contributed by atoms with Crippen molar-refractivity contribution in [1.82, 2.24) is 0 Å². The van der Waals surface area contributed by atoms with E-state index in [0.29, 0.717) is 16.4 Å². The van der Waals surface area contributed by atoms with Crippen LogP contribution < -0.4 is 0 Å². The van der Waals surface area contributed by atoms with Crippen LogP contribution in [0, 0.1) is 5.92 Å². The Balaban J connectivity index is 2.30. The van der Waals surface area contributed by atoms with Crippen molar-refractivity contribution in [1.29, 1.82) is 0 Å². The van der Waals surface area contributed by atoms with E-state index in [2.05, 4.69) is 20.8 Å². The maximum Gasteiger partial charge on any atom is 0.110 e. The first-order chi connectivity index (χ1) is 5.62. The molecule has 2 aliphatic rings. The molecule has 0 spiro atoms. The van der Waals surface area contributed by atoms with Gasteiger partial charge >= 0.3 is 0 Å². The third-order valence-corrected chi connectivity index (χ3v) is 5.34. The van der Waals surface area contributed by atoms with E-state index >= 15 is 0 Å². The quantitative estimate of drug-likeness (QED) is 0.572. The van der Waals surface area contributed by atoms with Crippen molar-refractivity contribution >= 4 is 19.6 Å². The first-order valence-corrected chi connectivity index (χ1v) is 5.65. The van der Waals surface area contributed by atoms with E-state index in [9.17, 15) is 0 Å². The van der Waals surface area contributed by atoms with Crippen LogP contribution in [0.1, 0.15) is 27.2 Å². The third kappa shape index (κ3) is 0.870. The van der Waals surface area contributed by atoms with Gasteiger partial charge in [-0.05, 0) is 12.3 Å². The van der Waals surface area contributed by atoms with Crippen LogP contribution in [0.2, 0.25) is 0 Å². The molecule has 2 bridgehead atoms. The highest BCUT2D eigenvalue weighted by atomic mass is 32.2. The molecule has 5 atom stereocenters. The second-order valence-electron chi connectivity index (χ2n) is 3.92. The van der Waals surface area contributed by atoms with Gasteiger partial charge in [-0.15, -0.1) is 0 Å². The van der Waals surface area contributed by atoms with Crippen molar-refractivity contribution < 1.29 is 4.74 Å². The molecule has 3 heteroatoms. The Hall–Kier alpha value is 0.375. The topological polar surface area (TPSA) is 9.23 Å². The monoisotopic (exact) mass is 182 g/mol. The first-order valence-electron chi connectivity index (χ1n) is 4.70. The maximum absolute atomic E-state index is 5.89. The molecule has 0 aromatic carbocycles. The minimum atomic E-state index is -0.0267. The second kappa shape index (κ2) is 2.68. The van der Waals surface area contributed by atoms with Gasteiger partial charge in [0.1, 0.15) is 7.85 Å². The molecule has 12 heavy (non-hydrogen) atoms. The lowest BCUT2D eigenvalue weighted by molar-refractivity contribution is -0.0332. The number of hydrogen-bond acceptors (Lipinski definition) is 2. The van der Waals surface area contributed by atoms with Gasteiger partial charge in [0.05, 0.1) is 5.60 Å². The third-order valence-electron chi connectivity index (χ3n) is 3.54. The summed E-state index contributed by atoms with van der Waals surface area (Å²) in [6.07, 6.45) is 1.09. The van der Waals surface area contributed by atoms with Crippen LogP contribution in [-0.4, -0.2) is 30.0 Å². The fourth-order valence-electron chi connectivity index (χ4n) is 2.70. The molecule has 66 valence electrons. The molecule has 2 radical (unpaired) electrons. The first kappa shape index (κ1) is 8.95. The Bertz CT molecular complexity index is 199. The highest BCUT2D eigenvalue weighted by molar-refractivity contribution is 8.01. The summed E-state index contributed by atoms with van der Waals surface area (Å²) in [7, 11) is 5.89. The lowest BCUT2D eigenvalue weighted by Crippen LogP contribution is -2.41. The summed E-state index contributed by atoms with van der Waals surface area (Å²) in [4.78, 5) is 0. The Morgan fingerprint density at radius 2 is 2.17 bits per heavy atom. The molecular weight excluding hydrogens is 167 g/mol. The van der Waals surface area contributed by atoms with Crippen molar-refractivity contribution in [3.05, 3.63) is 0 Å². The van der Waals surface area contributed by atoms with Crippen LogP contribution in [0.4, 0.5) is 0 Å². The van der Waals surface area contributed by atoms with Crippen molar-refractivity contribution in [3.8, 4) is 0 Å². The van der Waals surface area contributed by atoms with E-state index in [1.54, 1.807) is 0 Å². The summed E-state index contributed by atoms with van der Waals surface area (Å²) >= 11 is 2.00. The van der Waals surface area contributed by atoms with E-state index < -0.39 is 0 Å². The molecule has 1 nitrogen and oxygen atoms in total. The number of fused-ring (bicyclic) bond motifs is 2. The lowest BCUT2D eigenvalue weighted by Gasteiger charge is -2.35. The van der Waals surface area contributed by atoms with Crippen molar-refractivity contribution in [2.75, 3.05) is 0 Å². The number of hydrogen-bond donors (Lipinski definition) is 0. The zero-order valence-electron chi connectivity index (χ0n) is 7.91. The highest BCUT2D eigenvalue weighted by Crippen LogP contribution is 2.56. The van der Waals surface area contributed by atoms with Gasteiger partial charge in [0.2, 0.25) is 0 Å². The van der Waals surface area contributed by atoms with Crippen molar-refractivity contribution in [3.63, 3.8) is 0 Å². The largest absolute Gasteiger partial charge is 0.379 e. The molecular formula is C9H15BOS. The molecule has 2 aliphatic heterocycles. The molecule has 0 aromatic heterocycles. The van der Waals surface area contributed by atoms with Crippen LogP contribution in [0.15, 0.2) is 0 Å². The predicted molar refractivity (Wildman–Crippen MR) is 53.7 cm³/mol. The van der Waals surface area contributed by atoms with E-state index in [1.807, 2.05) is 11.8 Å². The van der Waals surface area contributed by atoms with Crippen LogP contribution in [0.5, 0.6) is 0 Å². The van der Waals surface area contributed by atoms with E-state index in [4.69, 9.17) is 12.6 Å². The van der Waals surface area contributed by atoms with Crippen LogP contribution in [0.3, 0.4) is 0 Å². The Morgan fingerprint density at radius 3 is 2.50 bits per heavy atom. The second-order valence-corrected chi connectivity index (χ2v) is 5.45. The lowest BCUT2D eigenvalue weighted by atomic mass is 9.82. The molecule has 0 aliphatic carbocycles. The van der Waals surface area contributed by atoms with Gasteiger partial charge in [0.25, 0.3) is 0 Å². The standard InChI is InChI=1S/C9H15BOS/c1-4-9-5(2)7(8(10)11-9)12-6(9)3/h5-8H,4H2,1-3H3/t5?,6-,7+,8-,9-/m1/s1. The molecule has 0 aromatic rings. The Kier molecular flexibility index (Phi) is 2.00. The fourth-order valence-corrected chi connectivity index (χ4v) is 4.51. The number of ether oxygens (including phenoxy) is 1. The molecule has 0 N–H and O–H groups in total. The molecule has 2 heterocycles. The highest BCUT2D eigenvalue weighted by Gasteiger charge is 2.59. The van der Waals surface area contributed by atoms with Crippen molar-refractivity contribution in [2.24, 2.45) is 5.92 Å². The van der Waals surface area contributed by atoms with Gasteiger partial charge in [-0.25, -0.2) is 0 Å². The SMILES string of the molecule is [B][C@@H]1O[C@]2(CC)C(C)[C@@H]1S[C@@H]2C. The zero-order valence-corrected chi connectivity index (χ0v) is 8.73. The number of thioether (sulfide) groups is 1. The summed E-state index contributed by atoms with van der Waals surface area (Å²) in [6, 6.07) is -0.0267. The summed E-state index contributed by atoms with van der Waals surface area (Å²) in [5, 5.41) is 1.14. The van der Waals surface area contributed by atoms with Gasteiger partial charge < -0.3 is 4.74 Å². The molecule has 2 rings (SSSR count). The smallest absolute Gasteiger partial charge is 0.110 e. The summed E-state index contributed by atoms with van der Waals surface area (Å²) < 4.78 is 5.88. The average Bonchev–Trinajstić information content (AvgIpc) is 2.41. The van der Waals surface area contributed by atoms with E-state index in [1.165, 1.54) is 0 Å². The summed E-state index contributed by atoms with van der Waals surface area (Å²) in [5.74, 6) is 0.623. The maximum atomic E-state index is 5.89. The van der Waals surface area contributed by atoms with Gasteiger partial charge in [-0.1, -0.05) is 20.8 Å². The molecule has 0 saturated carbocycles. The van der Waals surface area contributed by atoms with Gasteiger partial charge in [0.15, 0.2) is 0 Å². The fraction of sp³-hybridized carbons (Fsp3) is 1.00. The summed E-state index contributed by atoms with van der Waals surface area (Å²) in [5.41, 5.74) is 0.0781. The van der Waals surface area contributed by atoms with Gasteiger partial charge in [0, 0.05) is 16.5 Å². The van der Waals surface area contributed by atoms with E-state index in [0.717, 1.165) is 6.42 Å². The Morgan fingerprint density at radius 1 is 1.50 bits per heavy atom. The predicted octanol–water partition coefficient (Wildman–Crippen LogP) is 1.80. The normalized spacial score (nSPS) is 57.9.